The molecule has 0 aliphatic rings. The molecule has 1 rings (SSSR count). The first-order valence-electron chi connectivity index (χ1n) is 8.99. The fourth-order valence-electron chi connectivity index (χ4n) is 2.73. The number of halogens is 2. The van der Waals surface area contributed by atoms with Crippen molar-refractivity contribution in [3.8, 4) is 23.3 Å². The highest BCUT2D eigenvalue weighted by Gasteiger charge is 2.32. The van der Waals surface area contributed by atoms with Crippen molar-refractivity contribution >= 4 is 29.0 Å². The third-order valence-corrected chi connectivity index (χ3v) is 5.34. The lowest BCUT2D eigenvalue weighted by Gasteiger charge is -2.23. The second kappa shape index (κ2) is 13.0. The summed E-state index contributed by atoms with van der Waals surface area (Å²) in [6.45, 7) is 3.51. The molecule has 1 heterocycles. The van der Waals surface area contributed by atoms with Crippen LogP contribution in [-0.2, 0) is 9.47 Å². The fraction of sp³-hybridized carbons (Fsp3) is 0.684. The lowest BCUT2D eigenvalue weighted by molar-refractivity contribution is 0.0397. The molecule has 0 saturated heterocycles. The van der Waals surface area contributed by atoms with E-state index in [1.807, 2.05) is 6.92 Å². The molecule has 0 aliphatic heterocycles. The molecular weight excluding hydrogens is 425 g/mol. The Balaban J connectivity index is 3.46. The summed E-state index contributed by atoms with van der Waals surface area (Å²) in [7, 11) is 5.77. The van der Waals surface area contributed by atoms with Crippen molar-refractivity contribution in [2.24, 2.45) is 11.8 Å². The molecule has 3 atom stereocenters. The monoisotopic (exact) mass is 453 g/mol. The first-order valence-corrected chi connectivity index (χ1v) is 9.96. The van der Waals surface area contributed by atoms with Crippen LogP contribution >= 0.6 is 23.2 Å². The number of hydrogen-bond donors (Lipinski definition) is 0. The zero-order chi connectivity index (χ0) is 22.0. The van der Waals surface area contributed by atoms with E-state index in [0.717, 1.165) is 0 Å². The van der Waals surface area contributed by atoms with Crippen LogP contribution in [0.15, 0.2) is 0 Å². The molecule has 1 aromatic rings. The van der Waals surface area contributed by atoms with Gasteiger partial charge in [0.1, 0.15) is 5.56 Å². The van der Waals surface area contributed by atoms with E-state index in [9.17, 15) is 4.79 Å². The Morgan fingerprint density at radius 2 is 1.59 bits per heavy atom. The molecule has 10 heteroatoms. The van der Waals surface area contributed by atoms with E-state index in [1.54, 1.807) is 6.92 Å². The third kappa shape index (κ3) is 6.77. The van der Waals surface area contributed by atoms with E-state index in [0.29, 0.717) is 12.3 Å². The van der Waals surface area contributed by atoms with Crippen LogP contribution in [0.2, 0.25) is 0 Å². The maximum Gasteiger partial charge on any atom is 0.264 e. The van der Waals surface area contributed by atoms with Crippen LogP contribution in [0.5, 0.6) is 23.3 Å². The highest BCUT2D eigenvalue weighted by molar-refractivity contribution is 6.28. The molecule has 166 valence electrons. The number of methoxy groups -OCH3 is 4. The molecule has 29 heavy (non-hydrogen) atoms. The number of hydrogen-bond acceptors (Lipinski definition) is 8. The van der Waals surface area contributed by atoms with Gasteiger partial charge in [-0.05, 0) is 12.3 Å². The molecule has 8 nitrogen and oxygen atoms in total. The first kappa shape index (κ1) is 25.6. The van der Waals surface area contributed by atoms with Crippen molar-refractivity contribution in [2.45, 2.75) is 25.6 Å². The maximum atomic E-state index is 13.4. The second-order valence-corrected chi connectivity index (χ2v) is 7.28. The minimum absolute atomic E-state index is 0.0138. The van der Waals surface area contributed by atoms with Crippen molar-refractivity contribution in [2.75, 3.05) is 47.9 Å². The van der Waals surface area contributed by atoms with Crippen LogP contribution in [0, 0.1) is 11.8 Å². The fourth-order valence-corrected chi connectivity index (χ4v) is 3.13. The SMILES string of the molecule is COCOc1nc(OC)c(OC)c(OCOC)c1C(=O)[C@@H](C)C[C@H](C)[C@@H](Cl)CCl. The van der Waals surface area contributed by atoms with Crippen LogP contribution in [0.25, 0.3) is 0 Å². The smallest absolute Gasteiger partial charge is 0.264 e. The predicted octanol–water partition coefficient (Wildman–Crippen LogP) is 3.76. The van der Waals surface area contributed by atoms with E-state index >= 15 is 0 Å². The van der Waals surface area contributed by atoms with Gasteiger partial charge in [0.05, 0.1) is 14.2 Å². The molecule has 0 unspecified atom stereocenters. The number of rotatable bonds is 14. The van der Waals surface area contributed by atoms with Gasteiger partial charge in [-0.1, -0.05) is 13.8 Å². The summed E-state index contributed by atoms with van der Waals surface area (Å²) in [4.78, 5) is 17.6. The molecule has 0 aliphatic carbocycles. The number of carbonyl (C=O) groups is 1. The maximum absolute atomic E-state index is 13.4. The second-order valence-electron chi connectivity index (χ2n) is 6.41. The lowest BCUT2D eigenvalue weighted by atomic mass is 9.89. The number of nitrogens with zero attached hydrogens (tertiary/aromatic N) is 1. The normalized spacial score (nSPS) is 14.1. The number of Topliss-reactive ketones (excluding diaryl/α,β-unsaturated/α-hetero) is 1. The number of carbonyl (C=O) groups excluding carboxylic acids is 1. The third-order valence-electron chi connectivity index (χ3n) is 4.26. The summed E-state index contributed by atoms with van der Waals surface area (Å²) in [5.74, 6) is 0.0555. The average Bonchev–Trinajstić information content (AvgIpc) is 2.73. The van der Waals surface area contributed by atoms with Gasteiger partial charge < -0.3 is 28.4 Å². The molecular formula is C19H29Cl2NO7. The number of ether oxygens (including phenoxy) is 6. The van der Waals surface area contributed by atoms with Gasteiger partial charge in [0.2, 0.25) is 11.6 Å². The standard InChI is InChI=1S/C19H29Cl2NO7/c1-11(13(21)8-20)7-12(2)15(23)14-16(28-9-24-3)17(26-5)19(27-6)22-18(14)29-10-25-4/h11-13H,7-10H2,1-6H3/t11-,12-,13-/m0/s1. The van der Waals surface area contributed by atoms with Gasteiger partial charge in [0.15, 0.2) is 25.1 Å². The van der Waals surface area contributed by atoms with Gasteiger partial charge in [-0.15, -0.1) is 23.2 Å². The Kier molecular flexibility index (Phi) is 11.4. The van der Waals surface area contributed by atoms with Crippen LogP contribution in [0.4, 0.5) is 0 Å². The van der Waals surface area contributed by atoms with Crippen LogP contribution in [0.1, 0.15) is 30.6 Å². The first-order chi connectivity index (χ1) is 13.9. The van der Waals surface area contributed by atoms with Gasteiger partial charge in [0, 0.05) is 31.4 Å². The largest absolute Gasteiger partial charge is 0.489 e. The summed E-state index contributed by atoms with van der Waals surface area (Å²) in [5, 5.41) is -0.246. The molecule has 0 aromatic carbocycles. The Morgan fingerprint density at radius 3 is 2.10 bits per heavy atom. The number of alkyl halides is 2. The summed E-state index contributed by atoms with van der Waals surface area (Å²) in [5.41, 5.74) is 0.119. The van der Waals surface area contributed by atoms with Crippen LogP contribution in [-0.4, -0.2) is 64.0 Å². The quantitative estimate of drug-likeness (QED) is 0.239. The van der Waals surface area contributed by atoms with Crippen molar-refractivity contribution in [1.82, 2.24) is 4.98 Å². The Labute approximate surface area is 181 Å². The zero-order valence-electron chi connectivity index (χ0n) is 17.6. The van der Waals surface area contributed by atoms with E-state index in [4.69, 9.17) is 51.6 Å². The van der Waals surface area contributed by atoms with Crippen molar-refractivity contribution in [1.29, 1.82) is 0 Å². The topological polar surface area (TPSA) is 85.3 Å². The number of aromatic nitrogens is 1. The highest BCUT2D eigenvalue weighted by atomic mass is 35.5. The zero-order valence-corrected chi connectivity index (χ0v) is 19.1. The molecule has 1 aromatic heterocycles. The summed E-state index contributed by atoms with van der Waals surface area (Å²) >= 11 is 12.1. The molecule has 0 amide bonds. The minimum Gasteiger partial charge on any atom is -0.489 e. The molecule has 0 saturated carbocycles. The van der Waals surface area contributed by atoms with Crippen molar-refractivity contribution in [3.63, 3.8) is 0 Å². The van der Waals surface area contributed by atoms with Crippen LogP contribution in [0.3, 0.4) is 0 Å². The average molecular weight is 454 g/mol. The van der Waals surface area contributed by atoms with E-state index in [2.05, 4.69) is 4.98 Å². The van der Waals surface area contributed by atoms with Gasteiger partial charge in [-0.2, -0.15) is 4.98 Å². The van der Waals surface area contributed by atoms with E-state index in [1.165, 1.54) is 28.4 Å². The molecule has 0 bridgehead atoms. The molecule has 0 fully saturated rings. The van der Waals surface area contributed by atoms with Gasteiger partial charge in [-0.25, -0.2) is 0 Å². The van der Waals surface area contributed by atoms with Gasteiger partial charge in [-0.3, -0.25) is 4.79 Å². The van der Waals surface area contributed by atoms with Crippen molar-refractivity contribution in [3.05, 3.63) is 5.56 Å². The van der Waals surface area contributed by atoms with E-state index < -0.39 is 5.92 Å². The predicted molar refractivity (Wildman–Crippen MR) is 110 cm³/mol. The Bertz CT molecular complexity index is 660. The number of ketones is 1. The number of pyridine rings is 1. The Hall–Kier alpha value is -1.48. The molecule has 0 spiro atoms. The highest BCUT2D eigenvalue weighted by Crippen LogP contribution is 2.44. The van der Waals surface area contributed by atoms with Crippen molar-refractivity contribution < 1.29 is 33.2 Å². The summed E-state index contributed by atoms with van der Waals surface area (Å²) < 4.78 is 31.8. The lowest BCUT2D eigenvalue weighted by Crippen LogP contribution is -2.22. The van der Waals surface area contributed by atoms with Gasteiger partial charge in [0.25, 0.3) is 5.88 Å². The van der Waals surface area contributed by atoms with E-state index in [-0.39, 0.29) is 59.5 Å². The van der Waals surface area contributed by atoms with Crippen LogP contribution < -0.4 is 18.9 Å². The Morgan fingerprint density at radius 1 is 0.966 bits per heavy atom. The minimum atomic E-state index is -0.413. The summed E-state index contributed by atoms with van der Waals surface area (Å²) in [6, 6.07) is 0. The summed E-state index contributed by atoms with van der Waals surface area (Å²) in [6.07, 6.45) is 0.515. The molecule has 0 radical (unpaired) electrons. The molecule has 0 N–H and O–H groups in total. The van der Waals surface area contributed by atoms with Gasteiger partial charge >= 0.3 is 0 Å².